The van der Waals surface area contributed by atoms with Gasteiger partial charge in [-0.1, -0.05) is 13.8 Å². The number of anilines is 1. The average molecular weight is 269 g/mol. The average Bonchev–Trinajstić information content (AvgIpc) is 2.83. The van der Waals surface area contributed by atoms with Crippen LogP contribution >= 0.6 is 11.3 Å². The van der Waals surface area contributed by atoms with Crippen molar-refractivity contribution in [2.24, 2.45) is 5.41 Å². The molecule has 1 N–H and O–H groups in total. The smallest absolute Gasteiger partial charge is 0.185 e. The third-order valence-electron chi connectivity index (χ3n) is 3.82. The van der Waals surface area contributed by atoms with Gasteiger partial charge in [0.1, 0.15) is 0 Å². The van der Waals surface area contributed by atoms with Gasteiger partial charge >= 0.3 is 0 Å². The number of hydrogen-bond donors (Lipinski definition) is 1. The topological polar surface area (TPSA) is 39.6 Å². The minimum atomic E-state index is -0.269. The maximum atomic E-state index is 9.77. The quantitative estimate of drug-likeness (QED) is 0.902. The van der Waals surface area contributed by atoms with Crippen LogP contribution in [0.1, 0.15) is 20.8 Å². The van der Waals surface area contributed by atoms with Crippen molar-refractivity contribution in [3.8, 4) is 0 Å². The van der Waals surface area contributed by atoms with E-state index in [2.05, 4.69) is 28.6 Å². The molecule has 0 aromatic carbocycles. The first-order valence-corrected chi connectivity index (χ1v) is 7.42. The Bertz CT molecular complexity index is 356. The number of aliphatic hydroxyl groups excluding tert-OH is 1. The zero-order valence-corrected chi connectivity index (χ0v) is 12.3. The van der Waals surface area contributed by atoms with Gasteiger partial charge in [-0.25, -0.2) is 4.98 Å². The van der Waals surface area contributed by atoms with Gasteiger partial charge in [-0.15, -0.1) is 11.3 Å². The van der Waals surface area contributed by atoms with Gasteiger partial charge in [-0.2, -0.15) is 0 Å². The Labute approximate surface area is 113 Å². The molecule has 0 saturated carbocycles. The van der Waals surface area contributed by atoms with Gasteiger partial charge < -0.3 is 10.0 Å². The molecule has 18 heavy (non-hydrogen) atoms. The first-order chi connectivity index (χ1) is 8.49. The number of aliphatic hydroxyl groups is 1. The number of hydrogen-bond acceptors (Lipinski definition) is 5. The molecule has 4 nitrogen and oxygen atoms in total. The highest BCUT2D eigenvalue weighted by atomic mass is 32.1. The maximum absolute atomic E-state index is 9.77. The molecule has 0 aliphatic carbocycles. The van der Waals surface area contributed by atoms with E-state index in [9.17, 15) is 5.11 Å². The fraction of sp³-hybridized carbons (Fsp3) is 0.769. The van der Waals surface area contributed by atoms with Crippen LogP contribution in [0.4, 0.5) is 5.13 Å². The highest BCUT2D eigenvalue weighted by Crippen LogP contribution is 2.24. The summed E-state index contributed by atoms with van der Waals surface area (Å²) in [6.45, 7) is 11.3. The summed E-state index contributed by atoms with van der Waals surface area (Å²) < 4.78 is 0. The fourth-order valence-corrected chi connectivity index (χ4v) is 2.87. The molecule has 0 bridgehead atoms. The number of thiazole rings is 1. The lowest BCUT2D eigenvalue weighted by molar-refractivity contribution is 0.0330. The molecule has 1 fully saturated rings. The SMILES string of the molecule is CC(O)C(C)(C)CN1CCN(c2nccs2)CC1. The standard InChI is InChI=1S/C13H23N3OS/c1-11(17)13(2,3)10-15-5-7-16(8-6-15)12-14-4-9-18-12/h4,9,11,17H,5-8,10H2,1-3H3. The Hall–Kier alpha value is -0.650. The van der Waals surface area contributed by atoms with E-state index < -0.39 is 0 Å². The van der Waals surface area contributed by atoms with Gasteiger partial charge in [0, 0.05) is 49.7 Å². The van der Waals surface area contributed by atoms with Gasteiger partial charge in [-0.3, -0.25) is 4.90 Å². The van der Waals surface area contributed by atoms with E-state index in [1.54, 1.807) is 11.3 Å². The molecule has 1 aliphatic heterocycles. The highest BCUT2D eigenvalue weighted by molar-refractivity contribution is 7.13. The zero-order chi connectivity index (χ0) is 13.2. The summed E-state index contributed by atoms with van der Waals surface area (Å²) in [5.41, 5.74) is -0.0383. The van der Waals surface area contributed by atoms with Crippen LogP contribution in [0.5, 0.6) is 0 Å². The van der Waals surface area contributed by atoms with Gasteiger partial charge in [0.2, 0.25) is 0 Å². The first-order valence-electron chi connectivity index (χ1n) is 6.54. The normalized spacial score (nSPS) is 20.1. The van der Waals surface area contributed by atoms with Gasteiger partial charge in [0.15, 0.2) is 5.13 Å². The predicted octanol–water partition coefficient (Wildman–Crippen LogP) is 1.67. The van der Waals surface area contributed by atoms with Crippen molar-refractivity contribution in [3.63, 3.8) is 0 Å². The summed E-state index contributed by atoms with van der Waals surface area (Å²) in [5, 5.41) is 12.9. The highest BCUT2D eigenvalue weighted by Gasteiger charge is 2.29. The van der Waals surface area contributed by atoms with Crippen molar-refractivity contribution in [3.05, 3.63) is 11.6 Å². The van der Waals surface area contributed by atoms with Crippen LogP contribution in [0, 0.1) is 5.41 Å². The Kier molecular flexibility index (Phi) is 4.25. The van der Waals surface area contributed by atoms with E-state index in [0.717, 1.165) is 37.9 Å². The molecule has 1 aliphatic rings. The number of aromatic nitrogens is 1. The summed E-state index contributed by atoms with van der Waals surface area (Å²) in [4.78, 5) is 9.14. The second-order valence-electron chi connectivity index (χ2n) is 5.74. The van der Waals surface area contributed by atoms with Crippen LogP contribution in [0.2, 0.25) is 0 Å². The van der Waals surface area contributed by atoms with E-state index in [1.807, 2.05) is 18.5 Å². The molecule has 0 amide bonds. The molecule has 102 valence electrons. The Balaban J connectivity index is 1.84. The van der Waals surface area contributed by atoms with E-state index in [0.29, 0.717) is 0 Å². The fourth-order valence-electron chi connectivity index (χ4n) is 2.18. The van der Waals surface area contributed by atoms with Crippen molar-refractivity contribution < 1.29 is 5.11 Å². The molecule has 1 aromatic rings. The van der Waals surface area contributed by atoms with Crippen LogP contribution in [-0.2, 0) is 0 Å². The molecule has 2 rings (SSSR count). The lowest BCUT2D eigenvalue weighted by Crippen LogP contribution is -2.50. The second kappa shape index (κ2) is 5.55. The molecule has 1 saturated heterocycles. The summed E-state index contributed by atoms with van der Waals surface area (Å²) >= 11 is 1.71. The Morgan fingerprint density at radius 2 is 2.06 bits per heavy atom. The van der Waals surface area contributed by atoms with Crippen LogP contribution in [0.15, 0.2) is 11.6 Å². The van der Waals surface area contributed by atoms with E-state index in [-0.39, 0.29) is 11.5 Å². The summed E-state index contributed by atoms with van der Waals surface area (Å²) in [7, 11) is 0. The molecular weight excluding hydrogens is 246 g/mol. The van der Waals surface area contributed by atoms with Crippen molar-refractivity contribution in [2.75, 3.05) is 37.6 Å². The monoisotopic (exact) mass is 269 g/mol. The van der Waals surface area contributed by atoms with Gasteiger partial charge in [0.05, 0.1) is 6.10 Å². The maximum Gasteiger partial charge on any atom is 0.185 e. The zero-order valence-electron chi connectivity index (χ0n) is 11.5. The van der Waals surface area contributed by atoms with E-state index >= 15 is 0 Å². The molecule has 2 heterocycles. The molecule has 0 radical (unpaired) electrons. The van der Waals surface area contributed by atoms with E-state index in [4.69, 9.17) is 0 Å². The van der Waals surface area contributed by atoms with Gasteiger partial charge in [-0.05, 0) is 6.92 Å². The van der Waals surface area contributed by atoms with Crippen LogP contribution in [0.25, 0.3) is 0 Å². The largest absolute Gasteiger partial charge is 0.393 e. The lowest BCUT2D eigenvalue weighted by Gasteiger charge is -2.39. The summed E-state index contributed by atoms with van der Waals surface area (Å²) in [6, 6.07) is 0. The van der Waals surface area contributed by atoms with Crippen LogP contribution in [0.3, 0.4) is 0 Å². The molecule has 5 heteroatoms. The third-order valence-corrected chi connectivity index (χ3v) is 4.66. The van der Waals surface area contributed by atoms with Crippen molar-refractivity contribution in [2.45, 2.75) is 26.9 Å². The number of piperazine rings is 1. The predicted molar refractivity (Wildman–Crippen MR) is 76.2 cm³/mol. The molecule has 1 atom stereocenters. The minimum Gasteiger partial charge on any atom is -0.393 e. The van der Waals surface area contributed by atoms with Crippen molar-refractivity contribution in [1.82, 2.24) is 9.88 Å². The number of rotatable bonds is 4. The Morgan fingerprint density at radius 3 is 2.56 bits per heavy atom. The summed E-state index contributed by atoms with van der Waals surface area (Å²) in [6.07, 6.45) is 1.60. The Morgan fingerprint density at radius 1 is 1.39 bits per heavy atom. The molecule has 0 spiro atoms. The number of nitrogens with zero attached hydrogens (tertiary/aromatic N) is 3. The van der Waals surface area contributed by atoms with Crippen molar-refractivity contribution in [1.29, 1.82) is 0 Å². The second-order valence-corrected chi connectivity index (χ2v) is 6.62. The molecule has 1 aromatic heterocycles. The molecule has 1 unspecified atom stereocenters. The van der Waals surface area contributed by atoms with Crippen LogP contribution in [-0.4, -0.2) is 53.8 Å². The van der Waals surface area contributed by atoms with Crippen molar-refractivity contribution >= 4 is 16.5 Å². The van der Waals surface area contributed by atoms with Crippen LogP contribution < -0.4 is 4.90 Å². The lowest BCUT2D eigenvalue weighted by atomic mass is 9.87. The third kappa shape index (κ3) is 3.22. The van der Waals surface area contributed by atoms with Gasteiger partial charge in [0.25, 0.3) is 0 Å². The minimum absolute atomic E-state index is 0.0383. The summed E-state index contributed by atoms with van der Waals surface area (Å²) in [5.74, 6) is 0. The first kappa shape index (κ1) is 13.8. The molecular formula is C13H23N3OS. The van der Waals surface area contributed by atoms with E-state index in [1.165, 1.54) is 0 Å².